The van der Waals surface area contributed by atoms with Crippen LogP contribution in [0.3, 0.4) is 0 Å². The Balaban J connectivity index is 1.91. The molecule has 1 saturated carbocycles. The highest BCUT2D eigenvalue weighted by atomic mass is 35.5. The lowest BCUT2D eigenvalue weighted by molar-refractivity contribution is 0.901. The van der Waals surface area contributed by atoms with Gasteiger partial charge in [0.2, 0.25) is 0 Å². The van der Waals surface area contributed by atoms with Crippen LogP contribution >= 0.6 is 23.2 Å². The van der Waals surface area contributed by atoms with E-state index < -0.39 is 0 Å². The molecular weight excluding hydrogens is 293 g/mol. The minimum atomic E-state index is 0.601. The van der Waals surface area contributed by atoms with E-state index in [0.29, 0.717) is 22.4 Å². The highest BCUT2D eigenvalue weighted by Crippen LogP contribution is 2.39. The summed E-state index contributed by atoms with van der Waals surface area (Å²) in [5.74, 6) is 2.26. The number of hydrogen-bond donors (Lipinski definition) is 1. The fourth-order valence-corrected chi connectivity index (χ4v) is 2.62. The molecule has 1 aromatic heterocycles. The van der Waals surface area contributed by atoms with Gasteiger partial charge in [0.15, 0.2) is 0 Å². The third kappa shape index (κ3) is 3.05. The molecule has 3 nitrogen and oxygen atoms in total. The lowest BCUT2D eigenvalue weighted by Gasteiger charge is -2.08. The standard InChI is InChI=1S/C15H15Cl2N3/c1-18-14-8-13(9-2-3-9)19-15(20-14)6-10-4-5-11(16)7-12(10)17/h4-5,7-9H,2-3,6H2,1H3,(H,18,19,20). The van der Waals surface area contributed by atoms with Crippen LogP contribution in [0.25, 0.3) is 0 Å². The van der Waals surface area contributed by atoms with Crippen molar-refractivity contribution in [2.45, 2.75) is 25.2 Å². The molecule has 0 amide bonds. The summed E-state index contributed by atoms with van der Waals surface area (Å²) in [5.41, 5.74) is 2.12. The Morgan fingerprint density at radius 1 is 1.20 bits per heavy atom. The number of halogens is 2. The Morgan fingerprint density at radius 3 is 2.65 bits per heavy atom. The molecule has 0 aliphatic heterocycles. The Kier molecular flexibility index (Phi) is 3.81. The molecule has 1 aromatic carbocycles. The second-order valence-electron chi connectivity index (χ2n) is 5.03. The number of anilines is 1. The smallest absolute Gasteiger partial charge is 0.135 e. The van der Waals surface area contributed by atoms with E-state index in [1.807, 2.05) is 25.2 Å². The summed E-state index contributed by atoms with van der Waals surface area (Å²) in [6.45, 7) is 0. The number of rotatable bonds is 4. The van der Waals surface area contributed by atoms with Crippen LogP contribution in [0.2, 0.25) is 10.0 Å². The van der Waals surface area contributed by atoms with Gasteiger partial charge in [-0.2, -0.15) is 0 Å². The largest absolute Gasteiger partial charge is 0.373 e. The topological polar surface area (TPSA) is 37.8 Å². The van der Waals surface area contributed by atoms with Crippen LogP contribution in [0.15, 0.2) is 24.3 Å². The van der Waals surface area contributed by atoms with Gasteiger partial charge in [0.25, 0.3) is 0 Å². The number of aromatic nitrogens is 2. The predicted octanol–water partition coefficient (Wildman–Crippen LogP) is 4.29. The summed E-state index contributed by atoms with van der Waals surface area (Å²) in [6.07, 6.45) is 3.06. The summed E-state index contributed by atoms with van der Waals surface area (Å²) < 4.78 is 0. The minimum absolute atomic E-state index is 0.601. The van der Waals surface area contributed by atoms with Crippen molar-refractivity contribution in [2.24, 2.45) is 0 Å². The molecular formula is C15H15Cl2N3. The molecule has 0 saturated heterocycles. The maximum absolute atomic E-state index is 6.21. The maximum Gasteiger partial charge on any atom is 0.135 e. The van der Waals surface area contributed by atoms with Crippen LogP contribution in [-0.4, -0.2) is 17.0 Å². The third-order valence-corrected chi connectivity index (χ3v) is 3.99. The Hall–Kier alpha value is -1.32. The molecule has 1 aliphatic rings. The average molecular weight is 308 g/mol. The van der Waals surface area contributed by atoms with Crippen LogP contribution in [0.4, 0.5) is 5.82 Å². The lowest BCUT2D eigenvalue weighted by Crippen LogP contribution is -2.04. The molecule has 1 N–H and O–H groups in total. The zero-order valence-electron chi connectivity index (χ0n) is 11.2. The monoisotopic (exact) mass is 307 g/mol. The van der Waals surface area contributed by atoms with Gasteiger partial charge in [0.1, 0.15) is 11.6 Å². The summed E-state index contributed by atoms with van der Waals surface area (Å²) in [6, 6.07) is 7.55. The Morgan fingerprint density at radius 2 is 2.00 bits per heavy atom. The van der Waals surface area contributed by atoms with Gasteiger partial charge in [-0.1, -0.05) is 29.3 Å². The second-order valence-corrected chi connectivity index (χ2v) is 5.87. The first kappa shape index (κ1) is 13.7. The molecule has 1 aliphatic carbocycles. The second kappa shape index (κ2) is 5.58. The van der Waals surface area contributed by atoms with E-state index in [2.05, 4.69) is 15.3 Å². The number of nitrogens with one attached hydrogen (secondary N) is 1. The molecule has 0 radical (unpaired) electrons. The van der Waals surface area contributed by atoms with E-state index in [-0.39, 0.29) is 0 Å². The van der Waals surface area contributed by atoms with E-state index in [0.717, 1.165) is 22.9 Å². The molecule has 0 unspecified atom stereocenters. The number of hydrogen-bond acceptors (Lipinski definition) is 3. The molecule has 0 atom stereocenters. The van der Waals surface area contributed by atoms with Crippen molar-refractivity contribution in [3.63, 3.8) is 0 Å². The van der Waals surface area contributed by atoms with E-state index in [1.165, 1.54) is 12.8 Å². The van der Waals surface area contributed by atoms with Gasteiger partial charge in [-0.25, -0.2) is 9.97 Å². The minimum Gasteiger partial charge on any atom is -0.373 e. The van der Waals surface area contributed by atoms with Crippen molar-refractivity contribution in [3.8, 4) is 0 Å². The Labute approximate surface area is 128 Å². The van der Waals surface area contributed by atoms with Crippen LogP contribution in [0, 0.1) is 0 Å². The first-order valence-electron chi connectivity index (χ1n) is 6.65. The Bertz CT molecular complexity index is 639. The first-order chi connectivity index (χ1) is 9.65. The zero-order valence-corrected chi connectivity index (χ0v) is 12.7. The van der Waals surface area contributed by atoms with Gasteiger partial charge in [0, 0.05) is 41.2 Å². The van der Waals surface area contributed by atoms with E-state index >= 15 is 0 Å². The maximum atomic E-state index is 6.21. The first-order valence-corrected chi connectivity index (χ1v) is 7.41. The third-order valence-electron chi connectivity index (χ3n) is 3.41. The SMILES string of the molecule is CNc1cc(C2CC2)nc(Cc2ccc(Cl)cc2Cl)n1. The van der Waals surface area contributed by atoms with Crippen molar-refractivity contribution in [2.75, 3.05) is 12.4 Å². The number of benzene rings is 1. The van der Waals surface area contributed by atoms with Gasteiger partial charge in [-0.05, 0) is 30.5 Å². The van der Waals surface area contributed by atoms with Crippen LogP contribution < -0.4 is 5.32 Å². The van der Waals surface area contributed by atoms with E-state index in [9.17, 15) is 0 Å². The van der Waals surface area contributed by atoms with E-state index in [4.69, 9.17) is 23.2 Å². The highest BCUT2D eigenvalue weighted by Gasteiger charge is 2.26. The molecule has 0 spiro atoms. The molecule has 3 rings (SSSR count). The summed E-state index contributed by atoms with van der Waals surface area (Å²) >= 11 is 12.1. The average Bonchev–Trinajstić information content (AvgIpc) is 3.26. The van der Waals surface area contributed by atoms with Crippen LogP contribution in [0.1, 0.15) is 35.8 Å². The fourth-order valence-electron chi connectivity index (χ4n) is 2.15. The number of nitrogens with zero attached hydrogens (tertiary/aromatic N) is 2. The highest BCUT2D eigenvalue weighted by molar-refractivity contribution is 6.35. The summed E-state index contributed by atoms with van der Waals surface area (Å²) in [5, 5.41) is 4.39. The normalized spacial score (nSPS) is 14.3. The van der Waals surface area contributed by atoms with Crippen molar-refractivity contribution in [1.82, 2.24) is 9.97 Å². The van der Waals surface area contributed by atoms with Crippen LogP contribution in [0.5, 0.6) is 0 Å². The molecule has 2 aromatic rings. The molecule has 20 heavy (non-hydrogen) atoms. The predicted molar refractivity (Wildman–Crippen MR) is 82.8 cm³/mol. The summed E-state index contributed by atoms with van der Waals surface area (Å²) in [7, 11) is 1.87. The van der Waals surface area contributed by atoms with Gasteiger partial charge >= 0.3 is 0 Å². The van der Waals surface area contributed by atoms with Gasteiger partial charge in [-0.15, -0.1) is 0 Å². The zero-order chi connectivity index (χ0) is 14.1. The van der Waals surface area contributed by atoms with Gasteiger partial charge in [0.05, 0.1) is 0 Å². The van der Waals surface area contributed by atoms with Gasteiger partial charge in [-0.3, -0.25) is 0 Å². The van der Waals surface area contributed by atoms with Crippen molar-refractivity contribution in [1.29, 1.82) is 0 Å². The van der Waals surface area contributed by atoms with Crippen molar-refractivity contribution >= 4 is 29.0 Å². The molecule has 1 heterocycles. The molecule has 1 fully saturated rings. The summed E-state index contributed by atoms with van der Waals surface area (Å²) in [4.78, 5) is 9.17. The quantitative estimate of drug-likeness (QED) is 0.915. The van der Waals surface area contributed by atoms with E-state index in [1.54, 1.807) is 6.07 Å². The fraction of sp³-hybridized carbons (Fsp3) is 0.333. The van der Waals surface area contributed by atoms with Gasteiger partial charge < -0.3 is 5.32 Å². The van der Waals surface area contributed by atoms with Crippen LogP contribution in [-0.2, 0) is 6.42 Å². The molecule has 0 bridgehead atoms. The molecule has 104 valence electrons. The van der Waals surface area contributed by atoms with Crippen molar-refractivity contribution in [3.05, 3.63) is 51.4 Å². The molecule has 5 heteroatoms. The lowest BCUT2D eigenvalue weighted by atomic mass is 10.1. The van der Waals surface area contributed by atoms with Crippen molar-refractivity contribution < 1.29 is 0 Å².